The summed E-state index contributed by atoms with van der Waals surface area (Å²) >= 11 is 0. The van der Waals surface area contributed by atoms with Crippen LogP contribution >= 0.6 is 0 Å². The molecule has 126 valence electrons. The first-order valence-corrected chi connectivity index (χ1v) is 8.65. The number of carbonyl (C=O) groups excluding carboxylic acids is 2. The number of allylic oxidation sites excluding steroid dienone is 1. The molecule has 4 nitrogen and oxygen atoms in total. The molecule has 4 heteroatoms. The Morgan fingerprint density at radius 1 is 1.21 bits per heavy atom. The molecule has 1 aliphatic heterocycles. The van der Waals surface area contributed by atoms with Crippen LogP contribution in [0.4, 0.5) is 0 Å². The number of hydrogen-bond acceptors (Lipinski definition) is 2. The van der Waals surface area contributed by atoms with Gasteiger partial charge in [-0.2, -0.15) is 0 Å². The van der Waals surface area contributed by atoms with Crippen molar-refractivity contribution < 1.29 is 9.59 Å². The van der Waals surface area contributed by atoms with Gasteiger partial charge >= 0.3 is 0 Å². The molecule has 0 fully saturated rings. The van der Waals surface area contributed by atoms with Crippen molar-refractivity contribution in [3.05, 3.63) is 41.6 Å². The highest BCUT2D eigenvalue weighted by Crippen LogP contribution is 2.34. The maximum Gasteiger partial charge on any atom is 0.223 e. The molecule has 0 bridgehead atoms. The van der Waals surface area contributed by atoms with E-state index in [1.807, 2.05) is 11.0 Å². The molecule has 1 aromatic carbocycles. The lowest BCUT2D eigenvalue weighted by Gasteiger charge is -2.29. The number of H-pyrrole nitrogens is 1. The summed E-state index contributed by atoms with van der Waals surface area (Å²) < 4.78 is 0. The van der Waals surface area contributed by atoms with E-state index in [2.05, 4.69) is 29.3 Å². The molecule has 0 radical (unpaired) electrons. The number of carbonyl (C=O) groups is 2. The fraction of sp³-hybridized carbons (Fsp3) is 0.400. The monoisotopic (exact) mass is 324 g/mol. The Bertz CT molecular complexity index is 801. The number of unbranched alkanes of at least 4 members (excludes halogenated alkanes) is 2. The van der Waals surface area contributed by atoms with E-state index in [9.17, 15) is 9.59 Å². The average molecular weight is 324 g/mol. The van der Waals surface area contributed by atoms with E-state index < -0.39 is 0 Å². The molecule has 2 aromatic rings. The quantitative estimate of drug-likeness (QED) is 0.843. The molecule has 1 amide bonds. The Balaban J connectivity index is 1.89. The molecule has 24 heavy (non-hydrogen) atoms. The van der Waals surface area contributed by atoms with Crippen molar-refractivity contribution >= 4 is 28.3 Å². The minimum atomic E-state index is 0.0780. The smallest absolute Gasteiger partial charge is 0.223 e. The van der Waals surface area contributed by atoms with Crippen molar-refractivity contribution in [2.24, 2.45) is 0 Å². The van der Waals surface area contributed by atoms with Gasteiger partial charge in [0.1, 0.15) is 5.78 Å². The first-order chi connectivity index (χ1) is 11.6. The number of benzene rings is 1. The third-order valence-electron chi connectivity index (χ3n) is 4.65. The number of nitrogens with one attached hydrogen (secondary N) is 1. The Labute approximate surface area is 142 Å². The first-order valence-electron chi connectivity index (χ1n) is 8.65. The Morgan fingerprint density at radius 3 is 2.75 bits per heavy atom. The molecule has 3 rings (SSSR count). The van der Waals surface area contributed by atoms with Gasteiger partial charge in [-0.1, -0.05) is 24.3 Å². The highest BCUT2D eigenvalue weighted by atomic mass is 16.2. The summed E-state index contributed by atoms with van der Waals surface area (Å²) in [5, 5.41) is 1.25. The Morgan fingerprint density at radius 2 is 2.00 bits per heavy atom. The van der Waals surface area contributed by atoms with Gasteiger partial charge in [0.25, 0.3) is 0 Å². The molecule has 0 saturated heterocycles. The van der Waals surface area contributed by atoms with Gasteiger partial charge in [0.05, 0.1) is 11.4 Å². The normalized spacial score (nSPS) is 15.8. The molecule has 0 aliphatic carbocycles. The predicted octanol–water partition coefficient (Wildman–Crippen LogP) is 4.06. The van der Waals surface area contributed by atoms with Gasteiger partial charge in [0, 0.05) is 30.8 Å². The molecular weight excluding hydrogens is 300 g/mol. The number of amides is 1. The van der Waals surface area contributed by atoms with Crippen molar-refractivity contribution in [1.82, 2.24) is 9.88 Å². The summed E-state index contributed by atoms with van der Waals surface area (Å²) in [5.41, 5.74) is 4.49. The number of fused-ring (bicyclic) bond motifs is 3. The summed E-state index contributed by atoms with van der Waals surface area (Å²) in [4.78, 5) is 28.4. The maximum atomic E-state index is 12.0. The van der Waals surface area contributed by atoms with Crippen molar-refractivity contribution in [1.29, 1.82) is 0 Å². The zero-order valence-corrected chi connectivity index (χ0v) is 14.4. The molecule has 1 aromatic heterocycles. The number of nitrogens with zero attached hydrogens (tertiary/aromatic N) is 1. The van der Waals surface area contributed by atoms with Crippen LogP contribution in [0.5, 0.6) is 0 Å². The lowest BCUT2D eigenvalue weighted by Crippen LogP contribution is -2.33. The summed E-state index contributed by atoms with van der Waals surface area (Å²) in [6.45, 7) is 3.98. The van der Waals surface area contributed by atoms with Crippen LogP contribution in [-0.2, 0) is 16.0 Å². The number of hydrogen-bond donors (Lipinski definition) is 1. The topological polar surface area (TPSA) is 53.2 Å². The van der Waals surface area contributed by atoms with Crippen LogP contribution in [-0.4, -0.2) is 28.1 Å². The van der Waals surface area contributed by atoms with E-state index in [1.165, 1.54) is 10.9 Å². The Kier molecular flexibility index (Phi) is 4.84. The fourth-order valence-corrected chi connectivity index (χ4v) is 3.45. The lowest BCUT2D eigenvalue weighted by molar-refractivity contribution is -0.125. The number of rotatable bonds is 5. The summed E-state index contributed by atoms with van der Waals surface area (Å²) in [6, 6.07) is 8.30. The standard InChI is InChI=1S/C20H24N2O2/c1-14(23)8-4-3-5-11-19-20-17(12-13-22(19)15(2)24)16-9-6-7-10-18(16)21-20/h6-7,9-11,21H,3-5,8,12-13H2,1-2H3/b19-11+. The molecule has 0 atom stereocenters. The van der Waals surface area contributed by atoms with Crippen LogP contribution in [0.1, 0.15) is 50.8 Å². The van der Waals surface area contributed by atoms with E-state index in [0.29, 0.717) is 6.42 Å². The largest absolute Gasteiger partial charge is 0.353 e. The second kappa shape index (κ2) is 7.04. The molecule has 2 heterocycles. The summed E-state index contributed by atoms with van der Waals surface area (Å²) in [6.07, 6.45) is 6.40. The van der Waals surface area contributed by atoms with E-state index in [4.69, 9.17) is 0 Å². The third-order valence-corrected chi connectivity index (χ3v) is 4.65. The molecule has 0 saturated carbocycles. The zero-order chi connectivity index (χ0) is 17.1. The van der Waals surface area contributed by atoms with E-state index in [1.54, 1.807) is 13.8 Å². The minimum Gasteiger partial charge on any atom is -0.353 e. The number of aromatic amines is 1. The molecular formula is C20H24N2O2. The van der Waals surface area contributed by atoms with Crippen LogP contribution < -0.4 is 0 Å². The van der Waals surface area contributed by atoms with Gasteiger partial charge < -0.3 is 14.7 Å². The maximum absolute atomic E-state index is 12.0. The zero-order valence-electron chi connectivity index (χ0n) is 14.4. The van der Waals surface area contributed by atoms with Crippen molar-refractivity contribution in [3.63, 3.8) is 0 Å². The van der Waals surface area contributed by atoms with Crippen molar-refractivity contribution in [3.8, 4) is 0 Å². The van der Waals surface area contributed by atoms with Gasteiger partial charge in [0.15, 0.2) is 0 Å². The van der Waals surface area contributed by atoms with Crippen molar-refractivity contribution in [2.45, 2.75) is 46.0 Å². The third kappa shape index (κ3) is 3.28. The summed E-state index contributed by atoms with van der Waals surface area (Å²) in [7, 11) is 0. The van der Waals surface area contributed by atoms with Gasteiger partial charge in [-0.05, 0) is 44.2 Å². The van der Waals surface area contributed by atoms with E-state index in [-0.39, 0.29) is 11.7 Å². The number of aromatic nitrogens is 1. The average Bonchev–Trinajstić information content (AvgIpc) is 2.93. The highest BCUT2D eigenvalue weighted by Gasteiger charge is 2.26. The van der Waals surface area contributed by atoms with Crippen LogP contribution in [0.2, 0.25) is 0 Å². The predicted molar refractivity (Wildman–Crippen MR) is 96.5 cm³/mol. The van der Waals surface area contributed by atoms with Crippen LogP contribution in [0, 0.1) is 0 Å². The van der Waals surface area contributed by atoms with Gasteiger partial charge in [-0.25, -0.2) is 0 Å². The van der Waals surface area contributed by atoms with Crippen LogP contribution in [0.25, 0.3) is 16.6 Å². The minimum absolute atomic E-state index is 0.0780. The van der Waals surface area contributed by atoms with E-state index >= 15 is 0 Å². The Hall–Kier alpha value is -2.36. The van der Waals surface area contributed by atoms with Crippen LogP contribution in [0.15, 0.2) is 30.3 Å². The van der Waals surface area contributed by atoms with Gasteiger partial charge in [-0.3, -0.25) is 4.79 Å². The van der Waals surface area contributed by atoms with Gasteiger partial charge in [-0.15, -0.1) is 0 Å². The fourth-order valence-electron chi connectivity index (χ4n) is 3.45. The van der Waals surface area contributed by atoms with Crippen LogP contribution in [0.3, 0.4) is 0 Å². The molecule has 0 unspecified atom stereocenters. The first kappa shape index (κ1) is 16.5. The molecule has 0 spiro atoms. The SMILES string of the molecule is CC(=O)CCCC/C=C1\c2[nH]c3ccccc3c2CCN1C(C)=O. The van der Waals surface area contributed by atoms with E-state index in [0.717, 1.165) is 49.1 Å². The second-order valence-electron chi connectivity index (χ2n) is 6.48. The summed E-state index contributed by atoms with van der Waals surface area (Å²) in [5.74, 6) is 0.317. The highest BCUT2D eigenvalue weighted by molar-refractivity contribution is 5.93. The molecule has 1 aliphatic rings. The number of para-hydroxylation sites is 1. The lowest BCUT2D eigenvalue weighted by atomic mass is 9.99. The molecule has 1 N–H and O–H groups in total. The second-order valence-corrected chi connectivity index (χ2v) is 6.48. The van der Waals surface area contributed by atoms with Crippen molar-refractivity contribution in [2.75, 3.05) is 6.54 Å². The van der Waals surface area contributed by atoms with Gasteiger partial charge in [0.2, 0.25) is 5.91 Å². The number of ketones is 1. The number of Topliss-reactive ketones (excluding diaryl/α,β-unsaturated/α-hetero) is 1.